The summed E-state index contributed by atoms with van der Waals surface area (Å²) < 4.78 is 0. The molecule has 0 unspecified atom stereocenters. The van der Waals surface area contributed by atoms with E-state index in [-0.39, 0.29) is 18.3 Å². The lowest BCUT2D eigenvalue weighted by Gasteiger charge is -1.59. The van der Waals surface area contributed by atoms with Gasteiger partial charge >= 0.3 is 0 Å². The van der Waals surface area contributed by atoms with Crippen molar-refractivity contribution in [1.29, 1.82) is 0 Å². The topological polar surface area (TPSA) is 41.8 Å². The highest BCUT2D eigenvalue weighted by Gasteiger charge is 1.92. The van der Waals surface area contributed by atoms with Crippen LogP contribution in [0.1, 0.15) is 0 Å². The first kappa shape index (κ1) is 6.30. The zero-order valence-electron chi connectivity index (χ0n) is 3.37. The van der Waals surface area contributed by atoms with Gasteiger partial charge in [-0.05, 0) is 0 Å². The van der Waals surface area contributed by atoms with E-state index in [0.29, 0.717) is 0 Å². The van der Waals surface area contributed by atoms with Crippen molar-refractivity contribution < 1.29 is 4.79 Å². The molecular formula is C3H3ClN2O. The Hall–Kier alpha value is -0.700. The molecule has 0 fully saturated rings. The van der Waals surface area contributed by atoms with Gasteiger partial charge in [-0.15, -0.1) is 17.5 Å². The van der Waals surface area contributed by atoms with Crippen LogP contribution in [0.15, 0.2) is 22.5 Å². The second-order valence-electron chi connectivity index (χ2n) is 0.869. The molecule has 0 aromatic carbocycles. The molecule has 0 aromatic heterocycles. The molecule has 0 saturated heterocycles. The van der Waals surface area contributed by atoms with Gasteiger partial charge in [0.15, 0.2) is 0 Å². The zero-order chi connectivity index (χ0) is 4.41. The predicted molar refractivity (Wildman–Crippen MR) is 26.3 cm³/mol. The third-order valence-corrected chi connectivity index (χ3v) is 0.440. The van der Waals surface area contributed by atoms with E-state index in [0.717, 1.165) is 0 Å². The Morgan fingerprint density at radius 2 is 2.29 bits per heavy atom. The van der Waals surface area contributed by atoms with Crippen molar-refractivity contribution in [2.45, 2.75) is 0 Å². The number of rotatable bonds is 0. The lowest BCUT2D eigenvalue weighted by molar-refractivity contribution is -0.113. The number of carbonyl (C=O) groups is 1. The number of halogens is 1. The van der Waals surface area contributed by atoms with Gasteiger partial charge in [-0.25, -0.2) is 0 Å². The Morgan fingerprint density at radius 3 is 2.43 bits per heavy atom. The van der Waals surface area contributed by atoms with Gasteiger partial charge in [0.25, 0.3) is 5.91 Å². The summed E-state index contributed by atoms with van der Waals surface area (Å²) in [5, 5.41) is 6.37. The van der Waals surface area contributed by atoms with Crippen LogP contribution in [0.5, 0.6) is 0 Å². The number of azo groups is 1. The van der Waals surface area contributed by atoms with Gasteiger partial charge in [0.2, 0.25) is 0 Å². The van der Waals surface area contributed by atoms with Gasteiger partial charge in [-0.3, -0.25) is 4.79 Å². The molecule has 3 nitrogen and oxygen atoms in total. The van der Waals surface area contributed by atoms with Crippen molar-refractivity contribution in [1.82, 2.24) is 0 Å². The molecule has 0 aromatic rings. The second kappa shape index (κ2) is 2.47. The van der Waals surface area contributed by atoms with Gasteiger partial charge in [0, 0.05) is 6.08 Å². The minimum absolute atomic E-state index is 0. The minimum atomic E-state index is -0.269. The van der Waals surface area contributed by atoms with Crippen molar-refractivity contribution in [2.75, 3.05) is 0 Å². The molecule has 0 N–H and O–H groups in total. The Morgan fingerprint density at radius 1 is 1.57 bits per heavy atom. The Balaban J connectivity index is 0.000000360. The van der Waals surface area contributed by atoms with Crippen LogP contribution in [-0.4, -0.2) is 5.91 Å². The van der Waals surface area contributed by atoms with Crippen LogP contribution in [0, 0.1) is 0 Å². The number of hydrogen-bond acceptors (Lipinski definition) is 2. The van der Waals surface area contributed by atoms with Crippen LogP contribution < -0.4 is 0 Å². The lowest BCUT2D eigenvalue weighted by Crippen LogP contribution is -1.74. The summed E-state index contributed by atoms with van der Waals surface area (Å²) in [6, 6.07) is 0. The molecule has 0 bridgehead atoms. The van der Waals surface area contributed by atoms with Gasteiger partial charge in [0.05, 0.1) is 6.20 Å². The predicted octanol–water partition coefficient (Wildman–Crippen LogP) is 0.914. The van der Waals surface area contributed by atoms with E-state index in [2.05, 4.69) is 10.2 Å². The second-order valence-corrected chi connectivity index (χ2v) is 0.869. The highest BCUT2D eigenvalue weighted by atomic mass is 35.5. The quantitative estimate of drug-likeness (QED) is 0.466. The van der Waals surface area contributed by atoms with Crippen LogP contribution in [0.3, 0.4) is 0 Å². The van der Waals surface area contributed by atoms with E-state index in [1.165, 1.54) is 12.3 Å². The molecule has 0 aliphatic carbocycles. The molecule has 0 spiro atoms. The normalized spacial score (nSPS) is 14.6. The summed E-state index contributed by atoms with van der Waals surface area (Å²) in [6.45, 7) is 0. The average Bonchev–Trinajstić information content (AvgIpc) is 1.86. The number of hydrogen-bond donors (Lipinski definition) is 0. The fraction of sp³-hybridized carbons (Fsp3) is 0. The Bertz CT molecular complexity index is 115. The zero-order valence-corrected chi connectivity index (χ0v) is 4.18. The maximum atomic E-state index is 9.90. The number of carbonyl (C=O) groups excluding carboxylic acids is 1. The van der Waals surface area contributed by atoms with Gasteiger partial charge in [-0.2, -0.15) is 5.11 Å². The van der Waals surface area contributed by atoms with Crippen molar-refractivity contribution in [3.05, 3.63) is 12.3 Å². The van der Waals surface area contributed by atoms with E-state index in [9.17, 15) is 4.79 Å². The van der Waals surface area contributed by atoms with Crippen LogP contribution in [0.25, 0.3) is 0 Å². The first-order valence-corrected chi connectivity index (χ1v) is 1.51. The molecule has 0 radical (unpaired) electrons. The lowest BCUT2D eigenvalue weighted by atomic mass is 10.6. The Kier molecular flexibility index (Phi) is 2.22. The summed E-state index contributed by atoms with van der Waals surface area (Å²) in [5.41, 5.74) is 0. The third kappa shape index (κ3) is 1.45. The van der Waals surface area contributed by atoms with Gasteiger partial charge in [-0.1, -0.05) is 0 Å². The fourth-order valence-electron chi connectivity index (χ4n) is 0.221. The largest absolute Gasteiger partial charge is 0.289 e. The molecule has 1 amide bonds. The summed E-state index contributed by atoms with van der Waals surface area (Å²) in [4.78, 5) is 9.90. The molecule has 1 heterocycles. The summed E-state index contributed by atoms with van der Waals surface area (Å²) in [5.74, 6) is -0.269. The first-order chi connectivity index (χ1) is 2.89. The molecule has 4 heteroatoms. The van der Waals surface area contributed by atoms with Crippen molar-refractivity contribution in [3.63, 3.8) is 0 Å². The average molecular weight is 119 g/mol. The Labute approximate surface area is 46.5 Å². The molecule has 0 saturated carbocycles. The summed E-state index contributed by atoms with van der Waals surface area (Å²) in [6.07, 6.45) is 2.67. The van der Waals surface area contributed by atoms with E-state index < -0.39 is 0 Å². The highest BCUT2D eigenvalue weighted by molar-refractivity contribution is 5.89. The number of amides is 1. The van der Waals surface area contributed by atoms with E-state index in [1.54, 1.807) is 0 Å². The van der Waals surface area contributed by atoms with E-state index in [4.69, 9.17) is 0 Å². The SMILES string of the molecule is Cl.O=C1C=CN=N1. The standard InChI is InChI=1S/C3H2N2O.ClH/c6-3-1-2-4-5-3;/h1-2H;1H. The molecule has 7 heavy (non-hydrogen) atoms. The molecule has 1 rings (SSSR count). The summed E-state index contributed by atoms with van der Waals surface area (Å²) in [7, 11) is 0. The summed E-state index contributed by atoms with van der Waals surface area (Å²) >= 11 is 0. The van der Waals surface area contributed by atoms with Crippen LogP contribution in [0.4, 0.5) is 0 Å². The van der Waals surface area contributed by atoms with Crippen LogP contribution >= 0.6 is 12.4 Å². The van der Waals surface area contributed by atoms with Crippen LogP contribution in [0.2, 0.25) is 0 Å². The first-order valence-electron chi connectivity index (χ1n) is 1.51. The molecular weight excluding hydrogens is 115 g/mol. The smallest absolute Gasteiger partial charge is 0.266 e. The molecule has 1 aliphatic heterocycles. The fourth-order valence-corrected chi connectivity index (χ4v) is 0.221. The van der Waals surface area contributed by atoms with E-state index in [1.807, 2.05) is 0 Å². The molecule has 0 atom stereocenters. The van der Waals surface area contributed by atoms with Crippen molar-refractivity contribution >= 4 is 18.3 Å². The van der Waals surface area contributed by atoms with E-state index >= 15 is 0 Å². The van der Waals surface area contributed by atoms with Crippen LogP contribution in [-0.2, 0) is 4.79 Å². The maximum Gasteiger partial charge on any atom is 0.289 e. The molecule has 1 aliphatic rings. The van der Waals surface area contributed by atoms with Crippen molar-refractivity contribution in [3.8, 4) is 0 Å². The van der Waals surface area contributed by atoms with Crippen molar-refractivity contribution in [2.24, 2.45) is 10.2 Å². The van der Waals surface area contributed by atoms with Gasteiger partial charge < -0.3 is 0 Å². The monoisotopic (exact) mass is 118 g/mol. The van der Waals surface area contributed by atoms with Gasteiger partial charge in [0.1, 0.15) is 0 Å². The third-order valence-electron chi connectivity index (χ3n) is 0.440. The molecule has 38 valence electrons. The maximum absolute atomic E-state index is 9.90. The highest BCUT2D eigenvalue weighted by Crippen LogP contribution is 1.90. The minimum Gasteiger partial charge on any atom is -0.266 e. The number of nitrogens with zero attached hydrogens (tertiary/aromatic N) is 2.